The van der Waals surface area contributed by atoms with Crippen molar-refractivity contribution in [3.05, 3.63) is 11.8 Å². The van der Waals surface area contributed by atoms with Crippen LogP contribution in [0.15, 0.2) is 11.1 Å². The standard InChI is InChI=1S/C8H13N3O2S/c1-11-7(4-6-2-3-6)5-8(10-11)14(9,12)13/h5-6H,2-4H2,1H3,(H2,9,12,13). The number of sulfonamides is 1. The third-order valence-corrected chi connectivity index (χ3v) is 3.22. The molecule has 0 unspecified atom stereocenters. The molecular formula is C8H13N3O2S. The molecule has 1 heterocycles. The average Bonchev–Trinajstić information content (AvgIpc) is 2.76. The molecule has 0 radical (unpaired) electrons. The molecule has 0 spiro atoms. The van der Waals surface area contributed by atoms with Crippen LogP contribution in [0.4, 0.5) is 0 Å². The largest absolute Gasteiger partial charge is 0.271 e. The molecule has 0 bridgehead atoms. The van der Waals surface area contributed by atoms with Crippen LogP contribution in [0.25, 0.3) is 0 Å². The summed E-state index contributed by atoms with van der Waals surface area (Å²) in [7, 11) is -1.91. The van der Waals surface area contributed by atoms with E-state index in [1.807, 2.05) is 0 Å². The first-order valence-electron chi connectivity index (χ1n) is 4.52. The number of aryl methyl sites for hydroxylation is 1. The fourth-order valence-corrected chi connectivity index (χ4v) is 1.96. The number of rotatable bonds is 3. The van der Waals surface area contributed by atoms with Gasteiger partial charge in [0.25, 0.3) is 10.0 Å². The summed E-state index contributed by atoms with van der Waals surface area (Å²) in [5.41, 5.74) is 0.941. The molecule has 2 N–H and O–H groups in total. The zero-order chi connectivity index (χ0) is 10.3. The average molecular weight is 215 g/mol. The molecule has 1 saturated carbocycles. The summed E-state index contributed by atoms with van der Waals surface area (Å²) >= 11 is 0. The SMILES string of the molecule is Cn1nc(S(N)(=O)=O)cc1CC1CC1. The number of nitrogens with zero attached hydrogens (tertiary/aromatic N) is 2. The van der Waals surface area contributed by atoms with Crippen LogP contribution in [0.1, 0.15) is 18.5 Å². The van der Waals surface area contributed by atoms with Crippen molar-refractivity contribution in [2.75, 3.05) is 0 Å². The maximum atomic E-state index is 11.0. The molecule has 0 saturated heterocycles. The van der Waals surface area contributed by atoms with Crippen LogP contribution in [-0.2, 0) is 23.5 Å². The van der Waals surface area contributed by atoms with Gasteiger partial charge in [-0.25, -0.2) is 13.6 Å². The minimum atomic E-state index is -3.65. The molecule has 1 aromatic rings. The third kappa shape index (κ3) is 1.96. The van der Waals surface area contributed by atoms with Gasteiger partial charge in [0.1, 0.15) is 0 Å². The summed E-state index contributed by atoms with van der Waals surface area (Å²) in [6.07, 6.45) is 3.37. The van der Waals surface area contributed by atoms with E-state index in [9.17, 15) is 8.42 Å². The maximum Gasteiger partial charge on any atom is 0.257 e. The van der Waals surface area contributed by atoms with E-state index < -0.39 is 10.0 Å². The molecule has 0 amide bonds. The number of aromatic nitrogens is 2. The van der Waals surface area contributed by atoms with Crippen LogP contribution in [0.3, 0.4) is 0 Å². The highest BCUT2D eigenvalue weighted by Crippen LogP contribution is 2.32. The lowest BCUT2D eigenvalue weighted by atomic mass is 10.2. The molecule has 78 valence electrons. The van der Waals surface area contributed by atoms with Gasteiger partial charge in [0.2, 0.25) is 0 Å². The normalized spacial score (nSPS) is 17.3. The van der Waals surface area contributed by atoms with Gasteiger partial charge in [-0.15, -0.1) is 0 Å². The quantitative estimate of drug-likeness (QED) is 0.772. The van der Waals surface area contributed by atoms with Crippen molar-refractivity contribution in [3.63, 3.8) is 0 Å². The predicted molar refractivity (Wildman–Crippen MR) is 51.0 cm³/mol. The zero-order valence-electron chi connectivity index (χ0n) is 7.97. The Morgan fingerprint density at radius 1 is 1.64 bits per heavy atom. The van der Waals surface area contributed by atoms with E-state index in [-0.39, 0.29) is 5.03 Å². The van der Waals surface area contributed by atoms with Crippen molar-refractivity contribution < 1.29 is 8.42 Å². The van der Waals surface area contributed by atoms with E-state index in [1.165, 1.54) is 12.8 Å². The van der Waals surface area contributed by atoms with Gasteiger partial charge in [0.15, 0.2) is 5.03 Å². The Labute approximate surface area is 83.0 Å². The molecule has 6 heteroatoms. The van der Waals surface area contributed by atoms with Crippen molar-refractivity contribution in [1.82, 2.24) is 9.78 Å². The summed E-state index contributed by atoms with van der Waals surface area (Å²) in [6.45, 7) is 0. The summed E-state index contributed by atoms with van der Waals surface area (Å²) in [4.78, 5) is 0. The highest BCUT2D eigenvalue weighted by Gasteiger charge is 2.24. The first-order chi connectivity index (χ1) is 6.47. The number of hydrogen-bond donors (Lipinski definition) is 1. The molecule has 1 fully saturated rings. The lowest BCUT2D eigenvalue weighted by molar-refractivity contribution is 0.588. The second-order valence-corrected chi connectivity index (χ2v) is 5.30. The summed E-state index contributed by atoms with van der Waals surface area (Å²) in [5, 5.41) is 8.82. The Kier molecular flexibility index (Phi) is 2.11. The van der Waals surface area contributed by atoms with Crippen molar-refractivity contribution in [3.8, 4) is 0 Å². The molecule has 1 aliphatic rings. The van der Waals surface area contributed by atoms with Crippen LogP contribution < -0.4 is 5.14 Å². The fourth-order valence-electron chi connectivity index (χ4n) is 1.42. The summed E-state index contributed by atoms with van der Waals surface area (Å²) in [6, 6.07) is 1.56. The molecule has 2 rings (SSSR count). The minimum Gasteiger partial charge on any atom is -0.271 e. The molecule has 0 aliphatic heterocycles. The van der Waals surface area contributed by atoms with Gasteiger partial charge in [-0.05, 0) is 31.2 Å². The lowest BCUT2D eigenvalue weighted by Gasteiger charge is -1.97. The number of nitrogens with two attached hydrogens (primary N) is 1. The van der Waals surface area contributed by atoms with Gasteiger partial charge in [0, 0.05) is 12.7 Å². The Morgan fingerprint density at radius 3 is 2.71 bits per heavy atom. The molecule has 0 atom stereocenters. The van der Waals surface area contributed by atoms with Gasteiger partial charge < -0.3 is 0 Å². The Balaban J connectivity index is 2.28. The van der Waals surface area contributed by atoms with Gasteiger partial charge >= 0.3 is 0 Å². The highest BCUT2D eigenvalue weighted by atomic mass is 32.2. The van der Waals surface area contributed by atoms with Crippen LogP contribution in [0.2, 0.25) is 0 Å². The van der Waals surface area contributed by atoms with Crippen molar-refractivity contribution in [1.29, 1.82) is 0 Å². The smallest absolute Gasteiger partial charge is 0.257 e. The lowest BCUT2D eigenvalue weighted by Crippen LogP contribution is -2.13. The summed E-state index contributed by atoms with van der Waals surface area (Å²) < 4.78 is 23.6. The Hall–Kier alpha value is -0.880. The van der Waals surface area contributed by atoms with Gasteiger partial charge in [-0.1, -0.05) is 0 Å². The van der Waals surface area contributed by atoms with Crippen molar-refractivity contribution in [2.45, 2.75) is 24.3 Å². The third-order valence-electron chi connectivity index (χ3n) is 2.44. The minimum absolute atomic E-state index is 0.0318. The zero-order valence-corrected chi connectivity index (χ0v) is 8.79. The second kappa shape index (κ2) is 3.06. The summed E-state index contributed by atoms with van der Waals surface area (Å²) in [5.74, 6) is 0.707. The van der Waals surface area contributed by atoms with E-state index in [4.69, 9.17) is 5.14 Å². The van der Waals surface area contributed by atoms with Crippen LogP contribution in [0.5, 0.6) is 0 Å². The van der Waals surface area contributed by atoms with Gasteiger partial charge in [-0.3, -0.25) is 4.68 Å². The molecule has 0 aromatic carbocycles. The van der Waals surface area contributed by atoms with Crippen LogP contribution in [-0.4, -0.2) is 18.2 Å². The first-order valence-corrected chi connectivity index (χ1v) is 6.07. The van der Waals surface area contributed by atoms with E-state index in [0.29, 0.717) is 5.92 Å². The van der Waals surface area contributed by atoms with Gasteiger partial charge in [0.05, 0.1) is 0 Å². The van der Waals surface area contributed by atoms with Crippen LogP contribution >= 0.6 is 0 Å². The highest BCUT2D eigenvalue weighted by molar-refractivity contribution is 7.89. The molecule has 14 heavy (non-hydrogen) atoms. The Morgan fingerprint density at radius 2 is 2.29 bits per heavy atom. The molecule has 5 nitrogen and oxygen atoms in total. The predicted octanol–water partition coefficient (Wildman–Crippen LogP) is 0.0200. The fraction of sp³-hybridized carbons (Fsp3) is 0.625. The van der Waals surface area contributed by atoms with E-state index in [1.54, 1.807) is 17.8 Å². The molecule has 1 aliphatic carbocycles. The topological polar surface area (TPSA) is 78.0 Å². The van der Waals surface area contributed by atoms with Crippen molar-refractivity contribution in [2.24, 2.45) is 18.1 Å². The number of primary sulfonamides is 1. The van der Waals surface area contributed by atoms with E-state index >= 15 is 0 Å². The maximum absolute atomic E-state index is 11.0. The Bertz CT molecular complexity index is 445. The number of hydrogen-bond acceptors (Lipinski definition) is 3. The van der Waals surface area contributed by atoms with E-state index in [0.717, 1.165) is 12.1 Å². The second-order valence-electron chi connectivity index (χ2n) is 3.79. The van der Waals surface area contributed by atoms with Gasteiger partial charge in [-0.2, -0.15) is 5.10 Å². The van der Waals surface area contributed by atoms with E-state index in [2.05, 4.69) is 5.10 Å². The molecule has 1 aromatic heterocycles. The molecular weight excluding hydrogens is 202 g/mol. The monoisotopic (exact) mass is 215 g/mol. The van der Waals surface area contributed by atoms with Crippen molar-refractivity contribution >= 4 is 10.0 Å². The van der Waals surface area contributed by atoms with Crippen LogP contribution in [0, 0.1) is 5.92 Å². The first kappa shape index (κ1) is 9.67.